The summed E-state index contributed by atoms with van der Waals surface area (Å²) < 4.78 is 5.66. The summed E-state index contributed by atoms with van der Waals surface area (Å²) >= 11 is 0. The Hall–Kier alpha value is -1.36. The van der Waals surface area contributed by atoms with Gasteiger partial charge in [-0.15, -0.1) is 0 Å². The number of likely N-dealkylation sites (N-methyl/N-ethyl adjacent to an activating group) is 1. The molecular formula is C14H24N4O. The SMILES string of the molecule is CCNc1nc(C)nc(N(C)C2CCOC2C)c1C. The van der Waals surface area contributed by atoms with Gasteiger partial charge in [0.2, 0.25) is 0 Å². The molecule has 0 aliphatic carbocycles. The van der Waals surface area contributed by atoms with Crippen LogP contribution in [0.2, 0.25) is 0 Å². The Balaban J connectivity index is 2.32. The van der Waals surface area contributed by atoms with Crippen molar-refractivity contribution < 1.29 is 4.74 Å². The molecule has 0 spiro atoms. The lowest BCUT2D eigenvalue weighted by molar-refractivity contribution is 0.118. The van der Waals surface area contributed by atoms with Crippen LogP contribution in [0.25, 0.3) is 0 Å². The summed E-state index contributed by atoms with van der Waals surface area (Å²) in [5, 5.41) is 3.30. The van der Waals surface area contributed by atoms with E-state index in [4.69, 9.17) is 4.74 Å². The lowest BCUT2D eigenvalue weighted by atomic mass is 10.1. The first-order chi connectivity index (χ1) is 9.04. The molecule has 1 N–H and O–H groups in total. The van der Waals surface area contributed by atoms with E-state index in [-0.39, 0.29) is 6.10 Å². The van der Waals surface area contributed by atoms with Crippen molar-refractivity contribution in [2.24, 2.45) is 0 Å². The van der Waals surface area contributed by atoms with Crippen LogP contribution in [0.15, 0.2) is 0 Å². The second-order valence-electron chi connectivity index (χ2n) is 5.14. The van der Waals surface area contributed by atoms with Crippen molar-refractivity contribution in [1.29, 1.82) is 0 Å². The average molecular weight is 264 g/mol. The molecule has 2 atom stereocenters. The highest BCUT2D eigenvalue weighted by Gasteiger charge is 2.30. The first kappa shape index (κ1) is 14.1. The maximum absolute atomic E-state index is 5.66. The molecule has 1 aliphatic heterocycles. The molecular weight excluding hydrogens is 240 g/mol. The smallest absolute Gasteiger partial charge is 0.137 e. The van der Waals surface area contributed by atoms with Crippen LogP contribution in [-0.2, 0) is 4.74 Å². The van der Waals surface area contributed by atoms with Crippen molar-refractivity contribution in [3.63, 3.8) is 0 Å². The number of ether oxygens (including phenoxy) is 1. The van der Waals surface area contributed by atoms with Crippen LogP contribution in [0.5, 0.6) is 0 Å². The average Bonchev–Trinajstić information content (AvgIpc) is 2.79. The molecule has 1 aliphatic rings. The highest BCUT2D eigenvalue weighted by Crippen LogP contribution is 2.28. The van der Waals surface area contributed by atoms with Crippen molar-refractivity contribution in [3.8, 4) is 0 Å². The zero-order valence-electron chi connectivity index (χ0n) is 12.5. The summed E-state index contributed by atoms with van der Waals surface area (Å²) in [5.74, 6) is 2.74. The van der Waals surface area contributed by atoms with Crippen molar-refractivity contribution in [1.82, 2.24) is 9.97 Å². The number of hydrogen-bond donors (Lipinski definition) is 1. The molecule has 19 heavy (non-hydrogen) atoms. The Morgan fingerprint density at radius 1 is 1.37 bits per heavy atom. The van der Waals surface area contributed by atoms with Crippen LogP contribution >= 0.6 is 0 Å². The molecule has 106 valence electrons. The van der Waals surface area contributed by atoms with E-state index in [1.54, 1.807) is 0 Å². The number of aromatic nitrogens is 2. The quantitative estimate of drug-likeness (QED) is 0.903. The molecule has 0 bridgehead atoms. The van der Waals surface area contributed by atoms with E-state index in [1.165, 1.54) is 0 Å². The molecule has 2 heterocycles. The number of nitrogens with zero attached hydrogens (tertiary/aromatic N) is 3. The predicted molar refractivity (Wildman–Crippen MR) is 77.9 cm³/mol. The van der Waals surface area contributed by atoms with Gasteiger partial charge < -0.3 is 15.0 Å². The molecule has 5 heteroatoms. The normalized spacial score (nSPS) is 22.6. The third-order valence-electron chi connectivity index (χ3n) is 3.74. The molecule has 1 aromatic rings. The fourth-order valence-corrected chi connectivity index (χ4v) is 2.68. The third-order valence-corrected chi connectivity index (χ3v) is 3.74. The summed E-state index contributed by atoms with van der Waals surface area (Å²) in [6.45, 7) is 9.91. The van der Waals surface area contributed by atoms with Crippen LogP contribution in [0.3, 0.4) is 0 Å². The number of anilines is 2. The Bertz CT molecular complexity index is 449. The molecule has 0 saturated carbocycles. The van der Waals surface area contributed by atoms with Gasteiger partial charge in [0.1, 0.15) is 17.5 Å². The van der Waals surface area contributed by atoms with Gasteiger partial charge in [-0.3, -0.25) is 0 Å². The first-order valence-electron chi connectivity index (χ1n) is 6.98. The minimum absolute atomic E-state index is 0.252. The van der Waals surface area contributed by atoms with Crippen LogP contribution < -0.4 is 10.2 Å². The zero-order chi connectivity index (χ0) is 14.0. The fourth-order valence-electron chi connectivity index (χ4n) is 2.68. The molecule has 5 nitrogen and oxygen atoms in total. The predicted octanol–water partition coefficient (Wildman–Crippen LogP) is 2.14. The van der Waals surface area contributed by atoms with E-state index >= 15 is 0 Å². The van der Waals surface area contributed by atoms with Crippen molar-refractivity contribution in [2.45, 2.75) is 46.3 Å². The van der Waals surface area contributed by atoms with Crippen LogP contribution in [0.1, 0.15) is 31.7 Å². The Morgan fingerprint density at radius 3 is 2.68 bits per heavy atom. The summed E-state index contributed by atoms with van der Waals surface area (Å²) in [4.78, 5) is 11.3. The van der Waals surface area contributed by atoms with Gasteiger partial charge in [-0.2, -0.15) is 0 Å². The first-order valence-corrected chi connectivity index (χ1v) is 6.98. The van der Waals surface area contributed by atoms with E-state index in [0.717, 1.165) is 42.6 Å². The Morgan fingerprint density at radius 2 is 2.11 bits per heavy atom. The van der Waals surface area contributed by atoms with Gasteiger partial charge in [0.25, 0.3) is 0 Å². The highest BCUT2D eigenvalue weighted by molar-refractivity contribution is 5.58. The molecule has 1 fully saturated rings. The molecule has 2 unspecified atom stereocenters. The molecule has 2 rings (SSSR count). The molecule has 1 saturated heterocycles. The van der Waals surface area contributed by atoms with Crippen molar-refractivity contribution in [3.05, 3.63) is 11.4 Å². The van der Waals surface area contributed by atoms with Gasteiger partial charge >= 0.3 is 0 Å². The van der Waals surface area contributed by atoms with Crippen LogP contribution in [0.4, 0.5) is 11.6 Å². The van der Waals surface area contributed by atoms with Gasteiger partial charge in [-0.1, -0.05) is 0 Å². The van der Waals surface area contributed by atoms with Gasteiger partial charge in [0.05, 0.1) is 12.1 Å². The maximum atomic E-state index is 5.66. The number of hydrogen-bond acceptors (Lipinski definition) is 5. The minimum Gasteiger partial charge on any atom is -0.376 e. The van der Waals surface area contributed by atoms with Crippen LogP contribution in [-0.4, -0.2) is 42.3 Å². The van der Waals surface area contributed by atoms with E-state index in [9.17, 15) is 0 Å². The van der Waals surface area contributed by atoms with Crippen LogP contribution in [0, 0.1) is 13.8 Å². The standard InChI is InChI=1S/C14H24N4O/c1-6-15-13-9(2)14(17-11(4)16-13)18(5)12-7-8-19-10(12)3/h10,12H,6-8H2,1-5H3,(H,15,16,17). The van der Waals surface area contributed by atoms with E-state index < -0.39 is 0 Å². The molecule has 0 radical (unpaired) electrons. The lowest BCUT2D eigenvalue weighted by Gasteiger charge is -2.29. The second-order valence-corrected chi connectivity index (χ2v) is 5.14. The summed E-state index contributed by atoms with van der Waals surface area (Å²) in [7, 11) is 2.10. The Labute approximate surface area is 115 Å². The van der Waals surface area contributed by atoms with Gasteiger partial charge in [0, 0.05) is 25.8 Å². The van der Waals surface area contributed by atoms with Gasteiger partial charge in [0.15, 0.2) is 0 Å². The minimum atomic E-state index is 0.252. The van der Waals surface area contributed by atoms with E-state index in [1.807, 2.05) is 6.92 Å². The molecule has 0 aromatic carbocycles. The number of rotatable bonds is 4. The Kier molecular flexibility index (Phi) is 4.24. The summed E-state index contributed by atoms with van der Waals surface area (Å²) in [5.41, 5.74) is 1.11. The van der Waals surface area contributed by atoms with Crippen molar-refractivity contribution in [2.75, 3.05) is 30.4 Å². The molecule has 1 aromatic heterocycles. The van der Waals surface area contributed by atoms with E-state index in [0.29, 0.717) is 6.04 Å². The number of nitrogens with one attached hydrogen (secondary N) is 1. The number of aryl methyl sites for hydroxylation is 1. The fraction of sp³-hybridized carbons (Fsp3) is 0.714. The third kappa shape index (κ3) is 2.81. The summed E-state index contributed by atoms with van der Waals surface area (Å²) in [6.07, 6.45) is 1.30. The topological polar surface area (TPSA) is 50.3 Å². The second kappa shape index (κ2) is 5.74. The highest BCUT2D eigenvalue weighted by atomic mass is 16.5. The molecule has 0 amide bonds. The van der Waals surface area contributed by atoms with Crippen molar-refractivity contribution >= 4 is 11.6 Å². The lowest BCUT2D eigenvalue weighted by Crippen LogP contribution is -2.38. The monoisotopic (exact) mass is 264 g/mol. The zero-order valence-corrected chi connectivity index (χ0v) is 12.5. The van der Waals surface area contributed by atoms with E-state index in [2.05, 4.69) is 48.0 Å². The largest absolute Gasteiger partial charge is 0.376 e. The van der Waals surface area contributed by atoms with Gasteiger partial charge in [-0.05, 0) is 34.1 Å². The van der Waals surface area contributed by atoms with Gasteiger partial charge in [-0.25, -0.2) is 9.97 Å². The maximum Gasteiger partial charge on any atom is 0.137 e. The summed E-state index contributed by atoms with van der Waals surface area (Å²) in [6, 6.07) is 0.391.